The maximum absolute atomic E-state index is 13.0. The van der Waals surface area contributed by atoms with Crippen molar-refractivity contribution in [2.75, 3.05) is 57.3 Å². The highest BCUT2D eigenvalue weighted by atomic mass is 35.5. The number of likely N-dealkylation sites (tertiary alicyclic amines) is 4. The van der Waals surface area contributed by atoms with E-state index in [9.17, 15) is 62.3 Å². The van der Waals surface area contributed by atoms with Crippen LogP contribution in [0.1, 0.15) is 80.5 Å². The lowest BCUT2D eigenvalue weighted by Crippen LogP contribution is -2.54. The molecule has 2 aromatic rings. The standard InChI is InChI=1S/C42H48ClF12N5O4/c43-30-21-28(25-59-13-3-7-38(59)11-18-58(19-12-38)36(62)64-34(41(50,51)52)42(53,54)55)20-29(23-30)32-6-2-14-60(32)31-5-1-4-27(22-31)24-56-15-8-37(26-56)9-16-57(17-10-37)35(61)63-33(39(44,45)46)40(47,48)49/h1,4-5,20-23,32-34H,2-3,6-19,24-26H2. The molecule has 22 heteroatoms. The third kappa shape index (κ3) is 10.9. The second kappa shape index (κ2) is 18.1. The molecule has 5 fully saturated rings. The SMILES string of the molecule is O=C(OC(C(F)(F)F)C(F)(F)F)N1CCC2(CCN(Cc3cccc(N4CCCC4c4cc(Cl)cc(CN5CCCC56CCN(C(=O)OC(C(F)(F)F)C(F)(F)F)CC6)c4)c3)C2)CC1. The van der Waals surface area contributed by atoms with Crippen molar-refractivity contribution >= 4 is 29.5 Å². The van der Waals surface area contributed by atoms with Crippen molar-refractivity contribution in [2.45, 2.75) is 119 Å². The Morgan fingerprint density at radius 2 is 1.20 bits per heavy atom. The first-order chi connectivity index (χ1) is 29.8. The van der Waals surface area contributed by atoms with Gasteiger partial charge in [0, 0.05) is 68.6 Å². The number of rotatable bonds is 8. The van der Waals surface area contributed by atoms with Gasteiger partial charge < -0.3 is 24.2 Å². The number of carbonyl (C=O) groups excluding carboxylic acids is 2. The van der Waals surface area contributed by atoms with Crippen molar-refractivity contribution in [1.82, 2.24) is 19.6 Å². The van der Waals surface area contributed by atoms with Crippen molar-refractivity contribution in [2.24, 2.45) is 5.41 Å². The van der Waals surface area contributed by atoms with Gasteiger partial charge in [0.05, 0.1) is 6.04 Å². The van der Waals surface area contributed by atoms with Gasteiger partial charge in [0.2, 0.25) is 0 Å². The van der Waals surface area contributed by atoms with Gasteiger partial charge in [-0.3, -0.25) is 9.80 Å². The highest BCUT2D eigenvalue weighted by molar-refractivity contribution is 6.30. The van der Waals surface area contributed by atoms with Gasteiger partial charge in [0.15, 0.2) is 0 Å². The number of hydrogen-bond donors (Lipinski definition) is 0. The molecular weight excluding hydrogens is 902 g/mol. The summed E-state index contributed by atoms with van der Waals surface area (Å²) in [4.78, 5) is 33.5. The Morgan fingerprint density at radius 1 is 0.641 bits per heavy atom. The number of nitrogens with zero attached hydrogens (tertiary/aromatic N) is 5. The average Bonchev–Trinajstić information content (AvgIpc) is 3.94. The molecule has 0 radical (unpaired) electrons. The van der Waals surface area contributed by atoms with Gasteiger partial charge in [-0.15, -0.1) is 0 Å². The summed E-state index contributed by atoms with van der Waals surface area (Å²) in [6.07, 6.45) is -29.2. The number of carbonyl (C=O) groups is 2. The zero-order valence-electron chi connectivity index (χ0n) is 34.5. The second-order valence-electron chi connectivity index (χ2n) is 17.8. The minimum absolute atomic E-state index is 0.00110. The number of halogens is 13. The summed E-state index contributed by atoms with van der Waals surface area (Å²) in [5, 5.41) is 0.542. The zero-order valence-corrected chi connectivity index (χ0v) is 35.2. The van der Waals surface area contributed by atoms with Crippen LogP contribution in [0, 0.1) is 5.41 Å². The molecule has 356 valence electrons. The first-order valence-electron chi connectivity index (χ1n) is 21.1. The molecule has 2 amide bonds. The van der Waals surface area contributed by atoms with E-state index in [1.54, 1.807) is 0 Å². The molecule has 0 saturated carbocycles. The second-order valence-corrected chi connectivity index (χ2v) is 18.2. The van der Waals surface area contributed by atoms with E-state index < -0.39 is 54.6 Å². The molecular formula is C42H48ClF12N5O4. The monoisotopic (exact) mass is 949 g/mol. The van der Waals surface area contributed by atoms with Crippen molar-refractivity contribution in [3.05, 3.63) is 64.2 Å². The molecule has 2 spiro atoms. The highest BCUT2D eigenvalue weighted by Crippen LogP contribution is 2.45. The van der Waals surface area contributed by atoms with Crippen LogP contribution in [0.25, 0.3) is 0 Å². The van der Waals surface area contributed by atoms with Crippen LogP contribution >= 0.6 is 11.6 Å². The van der Waals surface area contributed by atoms with E-state index >= 15 is 0 Å². The topological polar surface area (TPSA) is 68.8 Å². The van der Waals surface area contributed by atoms with Crippen LogP contribution in [0.4, 0.5) is 68.0 Å². The molecule has 5 aliphatic heterocycles. The van der Waals surface area contributed by atoms with Crippen LogP contribution in [-0.2, 0) is 22.6 Å². The minimum atomic E-state index is -5.80. The van der Waals surface area contributed by atoms with E-state index in [0.717, 1.165) is 77.4 Å². The number of ether oxygens (including phenoxy) is 2. The summed E-state index contributed by atoms with van der Waals surface area (Å²) >= 11 is 6.73. The largest absolute Gasteiger partial charge is 0.434 e. The van der Waals surface area contributed by atoms with Gasteiger partial charge >= 0.3 is 36.9 Å². The molecule has 5 heterocycles. The summed E-state index contributed by atoms with van der Waals surface area (Å²) in [7, 11) is 0. The molecule has 7 rings (SSSR count). The van der Waals surface area contributed by atoms with E-state index in [-0.39, 0.29) is 37.6 Å². The van der Waals surface area contributed by atoms with Crippen LogP contribution in [0.15, 0.2) is 42.5 Å². The van der Waals surface area contributed by atoms with Gasteiger partial charge in [-0.2, -0.15) is 52.7 Å². The zero-order chi connectivity index (χ0) is 46.5. The maximum Gasteiger partial charge on any atom is 0.434 e. The highest BCUT2D eigenvalue weighted by Gasteiger charge is 2.61. The Balaban J connectivity index is 0.944. The fourth-order valence-electron chi connectivity index (χ4n) is 10.3. The first-order valence-corrected chi connectivity index (χ1v) is 21.5. The number of benzene rings is 2. The predicted octanol–water partition coefficient (Wildman–Crippen LogP) is 10.7. The van der Waals surface area contributed by atoms with Crippen LogP contribution in [0.2, 0.25) is 5.02 Å². The Hall–Kier alpha value is -3.85. The molecule has 5 aliphatic rings. The van der Waals surface area contributed by atoms with E-state index in [1.165, 1.54) is 0 Å². The summed E-state index contributed by atoms with van der Waals surface area (Å²) in [6, 6.07) is 14.1. The van der Waals surface area contributed by atoms with Crippen LogP contribution in [0.3, 0.4) is 0 Å². The smallest absolute Gasteiger partial charge is 0.426 e. The van der Waals surface area contributed by atoms with E-state index in [1.807, 2.05) is 30.3 Å². The van der Waals surface area contributed by atoms with Gasteiger partial charge in [-0.05, 0) is 117 Å². The Morgan fingerprint density at radius 3 is 1.78 bits per heavy atom. The first kappa shape index (κ1) is 48.1. The maximum atomic E-state index is 13.0. The lowest BCUT2D eigenvalue weighted by Gasteiger charge is -2.45. The van der Waals surface area contributed by atoms with Gasteiger partial charge in [-0.1, -0.05) is 29.8 Å². The lowest BCUT2D eigenvalue weighted by molar-refractivity contribution is -0.309. The molecule has 0 aromatic heterocycles. The quantitative estimate of drug-likeness (QED) is 0.244. The van der Waals surface area contributed by atoms with Crippen molar-refractivity contribution in [1.29, 1.82) is 0 Å². The van der Waals surface area contributed by atoms with E-state index in [4.69, 9.17) is 11.6 Å². The number of alkyl halides is 12. The summed E-state index contributed by atoms with van der Waals surface area (Å²) in [5.41, 5.74) is 3.38. The van der Waals surface area contributed by atoms with Gasteiger partial charge in [0.1, 0.15) is 0 Å². The molecule has 1 unspecified atom stereocenters. The molecule has 0 bridgehead atoms. The lowest BCUT2D eigenvalue weighted by atomic mass is 9.78. The van der Waals surface area contributed by atoms with Crippen molar-refractivity contribution in [3.63, 3.8) is 0 Å². The molecule has 9 nitrogen and oxygen atoms in total. The number of hydrogen-bond acceptors (Lipinski definition) is 7. The molecule has 64 heavy (non-hydrogen) atoms. The van der Waals surface area contributed by atoms with Crippen LogP contribution in [-0.4, -0.2) is 127 Å². The number of piperidine rings is 2. The number of amides is 2. The Kier molecular flexibility index (Phi) is 13.6. The molecule has 2 aromatic carbocycles. The van der Waals surface area contributed by atoms with Crippen LogP contribution in [0.5, 0.6) is 0 Å². The third-order valence-electron chi connectivity index (χ3n) is 13.6. The third-order valence-corrected chi connectivity index (χ3v) is 13.8. The predicted molar refractivity (Wildman–Crippen MR) is 208 cm³/mol. The molecule has 0 aliphatic carbocycles. The van der Waals surface area contributed by atoms with Crippen molar-refractivity contribution < 1.29 is 71.7 Å². The van der Waals surface area contributed by atoms with E-state index in [2.05, 4.69) is 36.3 Å². The average molecular weight is 950 g/mol. The summed E-state index contributed by atoms with van der Waals surface area (Å²) in [5.74, 6) is 0. The van der Waals surface area contributed by atoms with Gasteiger partial charge in [0.25, 0.3) is 12.2 Å². The number of anilines is 1. The summed E-state index contributed by atoms with van der Waals surface area (Å²) in [6.45, 7) is 3.83. The Labute approximate surface area is 366 Å². The summed E-state index contributed by atoms with van der Waals surface area (Å²) < 4.78 is 164. The van der Waals surface area contributed by atoms with Gasteiger partial charge in [-0.25, -0.2) is 9.59 Å². The molecule has 0 N–H and O–H groups in total. The minimum Gasteiger partial charge on any atom is -0.426 e. The Bertz CT molecular complexity index is 1950. The van der Waals surface area contributed by atoms with Crippen molar-refractivity contribution in [3.8, 4) is 0 Å². The molecule has 1 atom stereocenters. The normalized spacial score (nSPS) is 22.4. The van der Waals surface area contributed by atoms with Crippen LogP contribution < -0.4 is 4.90 Å². The fraction of sp³-hybridized carbons (Fsp3) is 0.667. The van der Waals surface area contributed by atoms with E-state index in [0.29, 0.717) is 56.9 Å². The fourth-order valence-corrected chi connectivity index (χ4v) is 10.6. The molecule has 5 saturated heterocycles.